The van der Waals surface area contributed by atoms with E-state index in [9.17, 15) is 0 Å². The van der Waals surface area contributed by atoms with Crippen LogP contribution in [-0.2, 0) is 6.42 Å². The summed E-state index contributed by atoms with van der Waals surface area (Å²) in [6.45, 7) is 2.84. The molecule has 108 valence electrons. The molecule has 0 aliphatic carbocycles. The van der Waals surface area contributed by atoms with E-state index in [1.54, 1.807) is 17.5 Å². The Kier molecular flexibility index (Phi) is 4.07. The average Bonchev–Trinajstić information content (AvgIpc) is 2.87. The summed E-state index contributed by atoms with van der Waals surface area (Å²) in [5.74, 6) is 0. The molecule has 0 spiro atoms. The monoisotopic (exact) mass is 362 g/mol. The number of thiazole rings is 1. The molecule has 3 aromatic rings. The maximum absolute atomic E-state index is 6.02. The lowest BCUT2D eigenvalue weighted by atomic mass is 10.1. The van der Waals surface area contributed by atoms with E-state index in [1.807, 2.05) is 25.1 Å². The second-order valence-electron chi connectivity index (χ2n) is 4.81. The summed E-state index contributed by atoms with van der Waals surface area (Å²) in [6, 6.07) is 5.88. The van der Waals surface area contributed by atoms with Crippen molar-refractivity contribution in [2.45, 2.75) is 13.3 Å². The van der Waals surface area contributed by atoms with Crippen LogP contribution in [0.15, 0.2) is 34.2 Å². The molecule has 0 aliphatic rings. The molecule has 0 fully saturated rings. The van der Waals surface area contributed by atoms with Gasteiger partial charge in [-0.1, -0.05) is 0 Å². The van der Waals surface area contributed by atoms with E-state index < -0.39 is 0 Å². The minimum absolute atomic E-state index is 0.736. The Morgan fingerprint density at radius 2 is 2.24 bits per heavy atom. The maximum atomic E-state index is 6.02. The number of fused-ring (bicyclic) bond motifs is 1. The van der Waals surface area contributed by atoms with Crippen molar-refractivity contribution in [2.24, 2.45) is 0 Å². The number of pyridine rings is 1. The van der Waals surface area contributed by atoms with E-state index in [0.717, 1.165) is 50.4 Å². The molecule has 0 amide bonds. The normalized spacial score (nSPS) is 11.0. The second kappa shape index (κ2) is 5.99. The van der Waals surface area contributed by atoms with Crippen molar-refractivity contribution in [2.75, 3.05) is 17.6 Å². The zero-order chi connectivity index (χ0) is 14.8. The van der Waals surface area contributed by atoms with Gasteiger partial charge in [-0.15, -0.1) is 11.3 Å². The minimum Gasteiger partial charge on any atom is -0.398 e. The lowest BCUT2D eigenvalue weighted by molar-refractivity contribution is 0.988. The van der Waals surface area contributed by atoms with E-state index >= 15 is 0 Å². The van der Waals surface area contributed by atoms with Crippen LogP contribution in [-0.4, -0.2) is 16.5 Å². The minimum atomic E-state index is 0.736. The summed E-state index contributed by atoms with van der Waals surface area (Å²) in [6.07, 6.45) is 2.69. The third-order valence-corrected chi connectivity index (χ3v) is 4.63. The predicted octanol–water partition coefficient (Wildman–Crippen LogP) is 4.00. The van der Waals surface area contributed by atoms with Crippen LogP contribution in [0.5, 0.6) is 0 Å². The third kappa shape index (κ3) is 3.16. The topological polar surface area (TPSA) is 63.8 Å². The number of nitrogens with one attached hydrogen (secondary N) is 1. The first kappa shape index (κ1) is 14.3. The van der Waals surface area contributed by atoms with Gasteiger partial charge in [-0.25, -0.2) is 4.98 Å². The predicted molar refractivity (Wildman–Crippen MR) is 92.9 cm³/mol. The fourth-order valence-corrected chi connectivity index (χ4v) is 3.29. The first-order valence-electron chi connectivity index (χ1n) is 6.62. The average molecular weight is 363 g/mol. The highest BCUT2D eigenvalue weighted by molar-refractivity contribution is 9.10. The summed E-state index contributed by atoms with van der Waals surface area (Å²) < 4.78 is 0.928. The first-order valence-corrected chi connectivity index (χ1v) is 8.29. The van der Waals surface area contributed by atoms with Gasteiger partial charge in [-0.3, -0.25) is 4.98 Å². The highest BCUT2D eigenvalue weighted by atomic mass is 79.9. The molecule has 21 heavy (non-hydrogen) atoms. The van der Waals surface area contributed by atoms with Gasteiger partial charge >= 0.3 is 0 Å². The SMILES string of the molecule is Cc1csc(CCNc2ccc(N)c3cc(Br)cnc23)n1. The second-order valence-corrected chi connectivity index (χ2v) is 6.67. The zero-order valence-corrected chi connectivity index (χ0v) is 14.0. The lowest BCUT2D eigenvalue weighted by Gasteiger charge is -2.10. The number of benzene rings is 1. The van der Waals surface area contributed by atoms with Crippen LogP contribution in [0, 0.1) is 6.92 Å². The summed E-state index contributed by atoms with van der Waals surface area (Å²) >= 11 is 5.13. The van der Waals surface area contributed by atoms with Crippen molar-refractivity contribution < 1.29 is 0 Å². The van der Waals surface area contributed by atoms with Crippen LogP contribution in [0.3, 0.4) is 0 Å². The van der Waals surface area contributed by atoms with Gasteiger partial charge in [0.2, 0.25) is 0 Å². The number of anilines is 2. The third-order valence-electron chi connectivity index (χ3n) is 3.17. The van der Waals surface area contributed by atoms with E-state index in [0.29, 0.717) is 0 Å². The Balaban J connectivity index is 1.79. The van der Waals surface area contributed by atoms with Gasteiger partial charge in [-0.2, -0.15) is 0 Å². The molecule has 4 nitrogen and oxygen atoms in total. The number of aromatic nitrogens is 2. The van der Waals surface area contributed by atoms with E-state index in [2.05, 4.69) is 36.6 Å². The van der Waals surface area contributed by atoms with Gasteiger partial charge in [0, 0.05) is 45.8 Å². The molecular weight excluding hydrogens is 348 g/mol. The van der Waals surface area contributed by atoms with E-state index in [1.165, 1.54) is 0 Å². The van der Waals surface area contributed by atoms with Crippen molar-refractivity contribution in [1.29, 1.82) is 0 Å². The van der Waals surface area contributed by atoms with Gasteiger partial charge in [0.15, 0.2) is 0 Å². The smallest absolute Gasteiger partial charge is 0.0954 e. The highest BCUT2D eigenvalue weighted by Gasteiger charge is 2.06. The van der Waals surface area contributed by atoms with Gasteiger partial charge in [0.25, 0.3) is 0 Å². The number of hydrogen-bond donors (Lipinski definition) is 2. The molecule has 3 rings (SSSR count). The lowest BCUT2D eigenvalue weighted by Crippen LogP contribution is -2.06. The van der Waals surface area contributed by atoms with E-state index in [-0.39, 0.29) is 0 Å². The molecule has 0 aliphatic heterocycles. The van der Waals surface area contributed by atoms with Crippen molar-refractivity contribution in [3.8, 4) is 0 Å². The summed E-state index contributed by atoms with van der Waals surface area (Å²) in [4.78, 5) is 8.94. The molecule has 0 saturated heterocycles. The molecule has 0 bridgehead atoms. The molecular formula is C15H15BrN4S. The number of halogens is 1. The molecule has 0 saturated carbocycles. The number of nitrogens with two attached hydrogens (primary N) is 1. The highest BCUT2D eigenvalue weighted by Crippen LogP contribution is 2.28. The van der Waals surface area contributed by atoms with Crippen molar-refractivity contribution >= 4 is 49.5 Å². The van der Waals surface area contributed by atoms with Crippen LogP contribution in [0.2, 0.25) is 0 Å². The Labute approximate surface area is 135 Å². The Morgan fingerprint density at radius 3 is 3.00 bits per heavy atom. The number of hydrogen-bond acceptors (Lipinski definition) is 5. The van der Waals surface area contributed by atoms with Gasteiger partial charge < -0.3 is 11.1 Å². The standard InChI is InChI=1S/C15H15BrN4S/c1-9-8-21-14(20-9)4-5-18-13-3-2-12(17)11-6-10(16)7-19-15(11)13/h2-3,6-8,18H,4-5,17H2,1H3. The largest absolute Gasteiger partial charge is 0.398 e. The molecule has 2 heterocycles. The summed E-state index contributed by atoms with van der Waals surface area (Å²) in [5.41, 5.74) is 9.74. The van der Waals surface area contributed by atoms with Crippen LogP contribution in [0.25, 0.3) is 10.9 Å². The fraction of sp³-hybridized carbons (Fsp3) is 0.200. The van der Waals surface area contributed by atoms with Gasteiger partial charge in [-0.05, 0) is 41.1 Å². The molecule has 2 aromatic heterocycles. The molecule has 6 heteroatoms. The zero-order valence-electron chi connectivity index (χ0n) is 11.6. The molecule has 0 radical (unpaired) electrons. The number of nitrogen functional groups attached to an aromatic ring is 1. The summed E-state index contributed by atoms with van der Waals surface area (Å²) in [5, 5.41) is 7.61. The molecule has 3 N–H and O–H groups in total. The van der Waals surface area contributed by atoms with Gasteiger partial charge in [0.1, 0.15) is 0 Å². The van der Waals surface area contributed by atoms with Crippen molar-refractivity contribution in [1.82, 2.24) is 9.97 Å². The first-order chi connectivity index (χ1) is 10.1. The maximum Gasteiger partial charge on any atom is 0.0954 e. The van der Waals surface area contributed by atoms with Crippen LogP contribution >= 0.6 is 27.3 Å². The van der Waals surface area contributed by atoms with E-state index in [4.69, 9.17) is 5.73 Å². The Morgan fingerprint density at radius 1 is 1.38 bits per heavy atom. The Bertz CT molecular complexity index is 784. The van der Waals surface area contributed by atoms with Crippen molar-refractivity contribution in [3.05, 3.63) is 45.0 Å². The van der Waals surface area contributed by atoms with Gasteiger partial charge in [0.05, 0.1) is 16.2 Å². The number of rotatable bonds is 4. The van der Waals surface area contributed by atoms with Crippen molar-refractivity contribution in [3.63, 3.8) is 0 Å². The molecule has 0 atom stereocenters. The Hall–Kier alpha value is -1.66. The molecule has 1 aromatic carbocycles. The van der Waals surface area contributed by atoms with Crippen LogP contribution in [0.4, 0.5) is 11.4 Å². The van der Waals surface area contributed by atoms with Crippen LogP contribution in [0.1, 0.15) is 10.7 Å². The molecule has 0 unspecified atom stereocenters. The van der Waals surface area contributed by atoms with Crippen LogP contribution < -0.4 is 11.1 Å². The fourth-order valence-electron chi connectivity index (χ4n) is 2.18. The number of aryl methyl sites for hydroxylation is 1. The summed E-state index contributed by atoms with van der Waals surface area (Å²) in [7, 11) is 0. The quantitative estimate of drug-likeness (QED) is 0.688. The number of nitrogens with zero attached hydrogens (tertiary/aromatic N) is 2.